The first-order valence-corrected chi connectivity index (χ1v) is 10.5. The van der Waals surface area contributed by atoms with Crippen LogP contribution in [0.15, 0.2) is 30.3 Å². The minimum absolute atomic E-state index is 0.0472. The number of aromatic nitrogens is 3. The number of likely N-dealkylation sites (tertiary alicyclic amines) is 1. The van der Waals surface area contributed by atoms with Crippen molar-refractivity contribution in [2.24, 2.45) is 5.92 Å². The molecule has 5 nitrogen and oxygen atoms in total. The lowest BCUT2D eigenvalue weighted by atomic mass is 9.78. The van der Waals surface area contributed by atoms with Gasteiger partial charge in [0, 0.05) is 6.42 Å². The fourth-order valence-corrected chi connectivity index (χ4v) is 4.98. The fraction of sp³-hybridized carbons (Fsp3) is 0.636. The average Bonchev–Trinajstić information content (AvgIpc) is 3.33. The fourth-order valence-electron chi connectivity index (χ4n) is 4.98. The molecule has 0 spiro atoms. The monoisotopic (exact) mass is 368 g/mol. The molecular weight excluding hydrogens is 336 g/mol. The lowest BCUT2D eigenvalue weighted by molar-refractivity contribution is 0.217. The van der Waals surface area contributed by atoms with E-state index < -0.39 is 0 Å². The maximum absolute atomic E-state index is 9.61. The van der Waals surface area contributed by atoms with Crippen molar-refractivity contribution in [3.05, 3.63) is 47.5 Å². The maximum Gasteiger partial charge on any atom is 0.151 e. The molecule has 1 saturated carbocycles. The van der Waals surface area contributed by atoms with Crippen molar-refractivity contribution in [3.63, 3.8) is 0 Å². The van der Waals surface area contributed by atoms with Crippen molar-refractivity contribution in [3.8, 4) is 0 Å². The molecule has 2 heterocycles. The summed E-state index contributed by atoms with van der Waals surface area (Å²) in [6.45, 7) is 2.98. The van der Waals surface area contributed by atoms with Crippen LogP contribution in [-0.4, -0.2) is 51.5 Å². The summed E-state index contributed by atoms with van der Waals surface area (Å²) in [6.07, 6.45) is 8.11. The average molecular weight is 369 g/mol. The standard InChI is InChI=1S/C22H32N4O/c1-25-13-9-18(10-14-25)17-20-23-21(26(24-20)15-16-27)22(11-5-6-12-22)19-7-3-2-4-8-19/h2-4,7-8,18,27H,5-6,9-17H2,1H3. The predicted molar refractivity (Wildman–Crippen MR) is 107 cm³/mol. The number of hydrogen-bond donors (Lipinski definition) is 1. The molecule has 0 bridgehead atoms. The summed E-state index contributed by atoms with van der Waals surface area (Å²) in [6, 6.07) is 10.8. The summed E-state index contributed by atoms with van der Waals surface area (Å²) >= 11 is 0. The smallest absolute Gasteiger partial charge is 0.151 e. The van der Waals surface area contributed by atoms with Crippen LogP contribution in [0.25, 0.3) is 0 Å². The number of benzene rings is 1. The van der Waals surface area contributed by atoms with E-state index >= 15 is 0 Å². The van der Waals surface area contributed by atoms with Gasteiger partial charge in [-0.2, -0.15) is 5.10 Å². The van der Waals surface area contributed by atoms with Crippen molar-refractivity contribution < 1.29 is 5.11 Å². The van der Waals surface area contributed by atoms with Gasteiger partial charge in [-0.05, 0) is 57.3 Å². The Morgan fingerprint density at radius 1 is 1.11 bits per heavy atom. The van der Waals surface area contributed by atoms with Gasteiger partial charge in [0.05, 0.1) is 18.6 Å². The number of nitrogens with zero attached hydrogens (tertiary/aromatic N) is 4. The highest BCUT2D eigenvalue weighted by molar-refractivity contribution is 5.34. The van der Waals surface area contributed by atoms with E-state index in [1.807, 2.05) is 4.68 Å². The molecule has 27 heavy (non-hydrogen) atoms. The van der Waals surface area contributed by atoms with Crippen molar-refractivity contribution in [1.29, 1.82) is 0 Å². The summed E-state index contributed by atoms with van der Waals surface area (Å²) in [5.74, 6) is 2.72. The number of piperidine rings is 1. The Kier molecular flexibility index (Phi) is 5.60. The minimum Gasteiger partial charge on any atom is -0.394 e. The molecule has 0 unspecified atom stereocenters. The van der Waals surface area contributed by atoms with E-state index in [9.17, 15) is 5.11 Å². The Morgan fingerprint density at radius 3 is 2.48 bits per heavy atom. The van der Waals surface area contributed by atoms with Crippen molar-refractivity contribution in [2.45, 2.75) is 56.9 Å². The van der Waals surface area contributed by atoms with E-state index in [4.69, 9.17) is 10.1 Å². The van der Waals surface area contributed by atoms with Crippen LogP contribution in [0.5, 0.6) is 0 Å². The highest BCUT2D eigenvalue weighted by Gasteiger charge is 2.41. The first kappa shape index (κ1) is 18.6. The summed E-state index contributed by atoms with van der Waals surface area (Å²) < 4.78 is 2.00. The largest absolute Gasteiger partial charge is 0.394 e. The third-order valence-electron chi connectivity index (χ3n) is 6.55. The predicted octanol–water partition coefficient (Wildman–Crippen LogP) is 3.01. The van der Waals surface area contributed by atoms with Crippen LogP contribution >= 0.6 is 0 Å². The molecule has 1 aromatic heterocycles. The molecule has 1 N–H and O–H groups in total. The third kappa shape index (κ3) is 3.81. The zero-order valence-corrected chi connectivity index (χ0v) is 16.5. The van der Waals surface area contributed by atoms with Gasteiger partial charge in [0.15, 0.2) is 5.82 Å². The van der Waals surface area contributed by atoms with E-state index in [0.29, 0.717) is 12.5 Å². The second-order valence-electron chi connectivity index (χ2n) is 8.40. The Hall–Kier alpha value is -1.72. The van der Waals surface area contributed by atoms with Gasteiger partial charge in [-0.25, -0.2) is 9.67 Å². The third-order valence-corrected chi connectivity index (χ3v) is 6.55. The molecule has 1 saturated heterocycles. The molecule has 2 aliphatic rings. The van der Waals surface area contributed by atoms with E-state index in [-0.39, 0.29) is 12.0 Å². The Bertz CT molecular complexity index is 728. The molecule has 2 fully saturated rings. The van der Waals surface area contributed by atoms with E-state index in [2.05, 4.69) is 42.3 Å². The van der Waals surface area contributed by atoms with Crippen LogP contribution < -0.4 is 0 Å². The van der Waals surface area contributed by atoms with Gasteiger partial charge in [0.1, 0.15) is 5.82 Å². The zero-order chi connectivity index (χ0) is 18.7. The van der Waals surface area contributed by atoms with Crippen LogP contribution in [0.3, 0.4) is 0 Å². The van der Waals surface area contributed by atoms with Gasteiger partial charge in [0.25, 0.3) is 0 Å². The quantitative estimate of drug-likeness (QED) is 0.852. The van der Waals surface area contributed by atoms with Crippen LogP contribution in [-0.2, 0) is 18.4 Å². The topological polar surface area (TPSA) is 54.2 Å². The van der Waals surface area contributed by atoms with Crippen LogP contribution in [0.2, 0.25) is 0 Å². The number of aliphatic hydroxyl groups is 1. The Labute approximate surface area is 162 Å². The highest BCUT2D eigenvalue weighted by atomic mass is 16.3. The molecular formula is C22H32N4O. The molecule has 0 radical (unpaired) electrons. The molecule has 0 atom stereocenters. The zero-order valence-electron chi connectivity index (χ0n) is 16.5. The Balaban J connectivity index is 1.65. The second kappa shape index (κ2) is 8.11. The van der Waals surface area contributed by atoms with Crippen LogP contribution in [0.1, 0.15) is 55.7 Å². The molecule has 146 valence electrons. The molecule has 0 amide bonds. The normalized spacial score (nSPS) is 21.0. The van der Waals surface area contributed by atoms with Gasteiger partial charge in [0.2, 0.25) is 0 Å². The maximum atomic E-state index is 9.61. The van der Waals surface area contributed by atoms with Gasteiger partial charge in [-0.3, -0.25) is 0 Å². The summed E-state index contributed by atoms with van der Waals surface area (Å²) in [5.41, 5.74) is 1.30. The molecule has 1 aliphatic heterocycles. The first-order chi connectivity index (χ1) is 13.2. The van der Waals surface area contributed by atoms with Crippen LogP contribution in [0.4, 0.5) is 0 Å². The SMILES string of the molecule is CN1CCC(Cc2nc(C3(c4ccccc4)CCCC3)n(CCO)n2)CC1. The lowest BCUT2D eigenvalue weighted by Crippen LogP contribution is -2.31. The van der Waals surface area contributed by atoms with Crippen LogP contribution in [0, 0.1) is 5.92 Å². The molecule has 1 aliphatic carbocycles. The summed E-state index contributed by atoms with van der Waals surface area (Å²) in [4.78, 5) is 7.51. The number of hydrogen-bond acceptors (Lipinski definition) is 4. The molecule has 5 heteroatoms. The Morgan fingerprint density at radius 2 is 1.81 bits per heavy atom. The van der Waals surface area contributed by atoms with Crippen molar-refractivity contribution in [2.75, 3.05) is 26.7 Å². The second-order valence-corrected chi connectivity index (χ2v) is 8.40. The molecule has 4 rings (SSSR count). The van der Waals surface area contributed by atoms with Gasteiger partial charge >= 0.3 is 0 Å². The van der Waals surface area contributed by atoms with Gasteiger partial charge < -0.3 is 10.0 Å². The van der Waals surface area contributed by atoms with Crippen molar-refractivity contribution >= 4 is 0 Å². The molecule has 2 aromatic rings. The number of rotatable bonds is 6. The van der Waals surface area contributed by atoms with E-state index in [0.717, 1.165) is 30.9 Å². The minimum atomic E-state index is -0.0472. The first-order valence-electron chi connectivity index (χ1n) is 10.5. The highest BCUT2D eigenvalue weighted by Crippen LogP contribution is 2.45. The number of aliphatic hydroxyl groups excluding tert-OH is 1. The lowest BCUT2D eigenvalue weighted by Gasteiger charge is -2.29. The van der Waals surface area contributed by atoms with Gasteiger partial charge in [-0.1, -0.05) is 43.2 Å². The van der Waals surface area contributed by atoms with Crippen molar-refractivity contribution in [1.82, 2.24) is 19.7 Å². The van der Waals surface area contributed by atoms with Gasteiger partial charge in [-0.15, -0.1) is 0 Å². The summed E-state index contributed by atoms with van der Waals surface area (Å²) in [7, 11) is 2.20. The molecule has 1 aromatic carbocycles. The van der Waals surface area contributed by atoms with E-state index in [1.165, 1.54) is 44.3 Å². The van der Waals surface area contributed by atoms with E-state index in [1.54, 1.807) is 0 Å². The summed E-state index contributed by atoms with van der Waals surface area (Å²) in [5, 5.41) is 14.5.